The molecule has 1 aliphatic rings. The van der Waals surface area contributed by atoms with E-state index in [9.17, 15) is 4.79 Å². The summed E-state index contributed by atoms with van der Waals surface area (Å²) in [6.07, 6.45) is 5.20. The fraction of sp³-hybridized carbons (Fsp3) is 0.250. The van der Waals surface area contributed by atoms with Crippen molar-refractivity contribution in [1.82, 2.24) is 0 Å². The van der Waals surface area contributed by atoms with Crippen LogP contribution in [-0.4, -0.2) is 12.2 Å². The summed E-state index contributed by atoms with van der Waals surface area (Å²) in [5.74, 6) is 0. The minimum atomic E-state index is -0.446. The van der Waals surface area contributed by atoms with Gasteiger partial charge < -0.3 is 4.74 Å². The molecular formula is C12H12ClNO2. The molecule has 84 valence electrons. The number of hydrogen-bond acceptors (Lipinski definition) is 2. The van der Waals surface area contributed by atoms with Gasteiger partial charge in [-0.1, -0.05) is 23.7 Å². The van der Waals surface area contributed by atoms with E-state index >= 15 is 0 Å². The first-order chi connectivity index (χ1) is 7.74. The highest BCUT2D eigenvalue weighted by Gasteiger charge is 2.14. The fourth-order valence-corrected chi connectivity index (χ4v) is 1.74. The van der Waals surface area contributed by atoms with Crippen LogP contribution in [0.1, 0.15) is 12.8 Å². The second-order valence-corrected chi connectivity index (χ2v) is 4.02. The molecular weight excluding hydrogens is 226 g/mol. The maximum Gasteiger partial charge on any atom is 0.412 e. The van der Waals surface area contributed by atoms with Crippen molar-refractivity contribution < 1.29 is 9.53 Å². The van der Waals surface area contributed by atoms with Crippen molar-refractivity contribution >= 4 is 23.4 Å². The van der Waals surface area contributed by atoms with Gasteiger partial charge in [-0.3, -0.25) is 5.32 Å². The molecule has 2 rings (SSSR count). The largest absolute Gasteiger partial charge is 0.442 e. The van der Waals surface area contributed by atoms with Crippen LogP contribution in [0.15, 0.2) is 36.4 Å². The van der Waals surface area contributed by atoms with Gasteiger partial charge in [0.25, 0.3) is 0 Å². The van der Waals surface area contributed by atoms with E-state index in [2.05, 4.69) is 5.32 Å². The van der Waals surface area contributed by atoms with Crippen molar-refractivity contribution in [3.05, 3.63) is 41.4 Å². The Morgan fingerprint density at radius 1 is 1.50 bits per heavy atom. The number of hydrogen-bond donors (Lipinski definition) is 1. The summed E-state index contributed by atoms with van der Waals surface area (Å²) in [6, 6.07) is 6.95. The van der Waals surface area contributed by atoms with Gasteiger partial charge in [0.2, 0.25) is 0 Å². The minimum Gasteiger partial charge on any atom is -0.442 e. The first-order valence-electron chi connectivity index (χ1n) is 5.14. The molecule has 0 heterocycles. The summed E-state index contributed by atoms with van der Waals surface area (Å²) in [5, 5.41) is 3.21. The van der Waals surface area contributed by atoms with E-state index < -0.39 is 6.09 Å². The number of carbonyl (C=O) groups excluding carboxylic acids is 1. The number of rotatable bonds is 2. The van der Waals surface area contributed by atoms with Crippen LogP contribution in [0.4, 0.5) is 10.5 Å². The number of ether oxygens (including phenoxy) is 1. The molecule has 4 heteroatoms. The first kappa shape index (κ1) is 11.0. The molecule has 0 saturated heterocycles. The second kappa shape index (κ2) is 5.03. The molecule has 1 aromatic rings. The van der Waals surface area contributed by atoms with Crippen LogP contribution in [0.2, 0.25) is 5.02 Å². The van der Waals surface area contributed by atoms with Crippen molar-refractivity contribution in [2.24, 2.45) is 0 Å². The standard InChI is InChI=1S/C12H12ClNO2/c13-9-4-3-5-10(8-9)14-12(15)16-11-6-1-2-7-11/h1,3-6,8,11H,2,7H2,(H,14,15)/t11-/m1/s1. The zero-order valence-electron chi connectivity index (χ0n) is 8.65. The minimum absolute atomic E-state index is 0.0980. The number of allylic oxidation sites excluding steroid dienone is 1. The lowest BCUT2D eigenvalue weighted by Gasteiger charge is -2.11. The third-order valence-corrected chi connectivity index (χ3v) is 2.53. The Morgan fingerprint density at radius 2 is 2.38 bits per heavy atom. The lowest BCUT2D eigenvalue weighted by Crippen LogP contribution is -2.19. The van der Waals surface area contributed by atoms with Crippen molar-refractivity contribution in [1.29, 1.82) is 0 Å². The molecule has 1 amide bonds. The van der Waals surface area contributed by atoms with Gasteiger partial charge in [-0.05, 0) is 37.1 Å². The average Bonchev–Trinajstić information content (AvgIpc) is 2.70. The molecule has 16 heavy (non-hydrogen) atoms. The SMILES string of the molecule is O=C(Nc1cccc(Cl)c1)O[C@@H]1C=CCC1. The maximum atomic E-state index is 11.5. The van der Waals surface area contributed by atoms with Gasteiger partial charge in [0.1, 0.15) is 6.10 Å². The molecule has 0 aliphatic heterocycles. The summed E-state index contributed by atoms with van der Waals surface area (Å²) in [5.41, 5.74) is 0.638. The number of amides is 1. The Morgan fingerprint density at radius 3 is 3.06 bits per heavy atom. The van der Waals surface area contributed by atoms with Gasteiger partial charge in [0, 0.05) is 10.7 Å². The van der Waals surface area contributed by atoms with Gasteiger partial charge >= 0.3 is 6.09 Å². The van der Waals surface area contributed by atoms with Crippen molar-refractivity contribution in [2.45, 2.75) is 18.9 Å². The third-order valence-electron chi connectivity index (χ3n) is 2.30. The molecule has 3 nitrogen and oxygen atoms in total. The van der Waals surface area contributed by atoms with E-state index in [1.165, 1.54) is 0 Å². The van der Waals surface area contributed by atoms with Crippen LogP contribution in [0.25, 0.3) is 0 Å². The summed E-state index contributed by atoms with van der Waals surface area (Å²) < 4.78 is 5.18. The Labute approximate surface area is 99.1 Å². The molecule has 1 N–H and O–H groups in total. The van der Waals surface area contributed by atoms with Gasteiger partial charge in [-0.25, -0.2) is 4.79 Å². The van der Waals surface area contributed by atoms with E-state index in [-0.39, 0.29) is 6.10 Å². The Kier molecular flexibility index (Phi) is 3.47. The van der Waals surface area contributed by atoms with Crippen LogP contribution in [0.3, 0.4) is 0 Å². The predicted molar refractivity (Wildman–Crippen MR) is 63.7 cm³/mol. The van der Waals surface area contributed by atoms with Gasteiger partial charge in [0.05, 0.1) is 0 Å². The van der Waals surface area contributed by atoms with Crippen molar-refractivity contribution in [3.8, 4) is 0 Å². The van der Waals surface area contributed by atoms with Crippen molar-refractivity contribution in [3.63, 3.8) is 0 Å². The first-order valence-corrected chi connectivity index (χ1v) is 5.52. The topological polar surface area (TPSA) is 38.3 Å². The monoisotopic (exact) mass is 237 g/mol. The molecule has 0 radical (unpaired) electrons. The van der Waals surface area contributed by atoms with Crippen LogP contribution in [0.5, 0.6) is 0 Å². The van der Waals surface area contributed by atoms with E-state index in [1.54, 1.807) is 24.3 Å². The van der Waals surface area contributed by atoms with Crippen molar-refractivity contribution in [2.75, 3.05) is 5.32 Å². The van der Waals surface area contributed by atoms with Crippen LogP contribution in [0, 0.1) is 0 Å². The quantitative estimate of drug-likeness (QED) is 0.798. The van der Waals surface area contributed by atoms with Gasteiger partial charge in [0.15, 0.2) is 0 Å². The number of benzene rings is 1. The van der Waals surface area contributed by atoms with Crippen LogP contribution >= 0.6 is 11.6 Å². The highest BCUT2D eigenvalue weighted by Crippen LogP contribution is 2.17. The lowest BCUT2D eigenvalue weighted by atomic mass is 10.3. The molecule has 1 atom stereocenters. The third kappa shape index (κ3) is 3.00. The molecule has 0 saturated carbocycles. The van der Waals surface area contributed by atoms with E-state index in [0.29, 0.717) is 10.7 Å². The van der Waals surface area contributed by atoms with E-state index in [4.69, 9.17) is 16.3 Å². The summed E-state index contributed by atoms with van der Waals surface area (Å²) >= 11 is 5.80. The normalized spacial score (nSPS) is 18.4. The fourth-order valence-electron chi connectivity index (χ4n) is 1.55. The zero-order chi connectivity index (χ0) is 11.4. The average molecular weight is 238 g/mol. The molecule has 1 aliphatic carbocycles. The molecule has 0 bridgehead atoms. The van der Waals surface area contributed by atoms with E-state index in [1.807, 2.05) is 12.2 Å². The molecule has 0 fully saturated rings. The smallest absolute Gasteiger partial charge is 0.412 e. The number of halogens is 1. The predicted octanol–water partition coefficient (Wildman–Crippen LogP) is 3.61. The summed E-state index contributed by atoms with van der Waals surface area (Å²) in [6.45, 7) is 0. The summed E-state index contributed by atoms with van der Waals surface area (Å²) in [4.78, 5) is 11.5. The Hall–Kier alpha value is -1.48. The zero-order valence-corrected chi connectivity index (χ0v) is 9.41. The Balaban J connectivity index is 1.89. The molecule has 0 unspecified atom stereocenters. The number of carbonyl (C=O) groups is 1. The highest BCUT2D eigenvalue weighted by atomic mass is 35.5. The van der Waals surface area contributed by atoms with Gasteiger partial charge in [-0.2, -0.15) is 0 Å². The molecule has 0 spiro atoms. The number of nitrogens with one attached hydrogen (secondary N) is 1. The highest BCUT2D eigenvalue weighted by molar-refractivity contribution is 6.30. The van der Waals surface area contributed by atoms with E-state index in [0.717, 1.165) is 12.8 Å². The molecule has 1 aromatic carbocycles. The Bertz CT molecular complexity index is 417. The van der Waals surface area contributed by atoms with Crippen LogP contribution in [-0.2, 0) is 4.74 Å². The number of anilines is 1. The van der Waals surface area contributed by atoms with Crippen LogP contribution < -0.4 is 5.32 Å². The molecule has 0 aromatic heterocycles. The van der Waals surface area contributed by atoms with Gasteiger partial charge in [-0.15, -0.1) is 0 Å². The summed E-state index contributed by atoms with van der Waals surface area (Å²) in [7, 11) is 0. The second-order valence-electron chi connectivity index (χ2n) is 3.58. The maximum absolute atomic E-state index is 11.5. The lowest BCUT2D eigenvalue weighted by molar-refractivity contribution is 0.134.